The van der Waals surface area contributed by atoms with Crippen LogP contribution in [-0.4, -0.2) is 25.3 Å². The first-order valence-electron chi connectivity index (χ1n) is 7.96. The number of benzene rings is 1. The summed E-state index contributed by atoms with van der Waals surface area (Å²) in [5.41, 5.74) is 2.08. The number of aryl methyl sites for hydroxylation is 1. The minimum atomic E-state index is 0.481. The summed E-state index contributed by atoms with van der Waals surface area (Å²) in [6.07, 6.45) is 1.19. The van der Waals surface area contributed by atoms with Gasteiger partial charge < -0.3 is 8.94 Å². The minimum Gasteiger partial charge on any atom is -0.416 e. The Balaban J connectivity index is 1.32. The van der Waals surface area contributed by atoms with Gasteiger partial charge in [0.1, 0.15) is 0 Å². The first-order valence-corrected chi connectivity index (χ1v) is 9.83. The quantitative estimate of drug-likeness (QED) is 0.445. The lowest BCUT2D eigenvalue weighted by Crippen LogP contribution is -1.90. The normalized spacial score (nSPS) is 11.1. The van der Waals surface area contributed by atoms with Gasteiger partial charge in [-0.2, -0.15) is 4.98 Å². The number of hydrogen-bond donors (Lipinski definition) is 0. The van der Waals surface area contributed by atoms with E-state index in [4.69, 9.17) is 8.94 Å². The second-order valence-electron chi connectivity index (χ2n) is 5.55. The number of nitrogens with zero attached hydrogens (tertiary/aromatic N) is 5. The monoisotopic (exact) mass is 385 g/mol. The summed E-state index contributed by atoms with van der Waals surface area (Å²) in [7, 11) is 0. The van der Waals surface area contributed by atoms with Crippen molar-refractivity contribution in [3.63, 3.8) is 0 Å². The fraction of sp³-hybridized carbons (Fsp3) is 0.235. The summed E-state index contributed by atoms with van der Waals surface area (Å²) in [5, 5.41) is 15.6. The standard InChI is InChI=1S/C17H15N5O2S2/c1-11-18-13(9-25-11)8-15-20-21-17(23-15)26-10-16-19-14(22-24-16)7-12-5-3-2-4-6-12/h2-6,9H,7-8,10H2,1H3. The van der Waals surface area contributed by atoms with Gasteiger partial charge in [0.2, 0.25) is 11.8 Å². The molecular formula is C17H15N5O2S2. The lowest BCUT2D eigenvalue weighted by atomic mass is 10.1. The first kappa shape index (κ1) is 16.9. The van der Waals surface area contributed by atoms with E-state index in [1.165, 1.54) is 11.8 Å². The Morgan fingerprint density at radius 2 is 1.92 bits per heavy atom. The molecule has 0 radical (unpaired) electrons. The SMILES string of the molecule is Cc1nc(Cc2nnc(SCc3nc(Cc4ccccc4)no3)o2)cs1. The predicted molar refractivity (Wildman–Crippen MR) is 97.1 cm³/mol. The Bertz CT molecular complexity index is 980. The van der Waals surface area contributed by atoms with Crippen molar-refractivity contribution in [2.45, 2.75) is 30.7 Å². The number of hydrogen-bond acceptors (Lipinski definition) is 9. The van der Waals surface area contributed by atoms with Crippen LogP contribution in [0, 0.1) is 6.92 Å². The van der Waals surface area contributed by atoms with Crippen LogP contribution in [0.5, 0.6) is 0 Å². The zero-order valence-corrected chi connectivity index (χ0v) is 15.6. The van der Waals surface area contributed by atoms with Gasteiger partial charge in [-0.05, 0) is 12.5 Å². The third-order valence-electron chi connectivity index (χ3n) is 3.48. The third-order valence-corrected chi connectivity index (χ3v) is 5.11. The molecule has 132 valence electrons. The average molecular weight is 385 g/mol. The van der Waals surface area contributed by atoms with E-state index in [1.807, 2.05) is 42.6 Å². The van der Waals surface area contributed by atoms with Crippen LogP contribution in [0.25, 0.3) is 0 Å². The first-order chi connectivity index (χ1) is 12.7. The van der Waals surface area contributed by atoms with Gasteiger partial charge in [-0.25, -0.2) is 4.98 Å². The third kappa shape index (κ3) is 4.36. The lowest BCUT2D eigenvalue weighted by Gasteiger charge is -1.94. The number of rotatable bonds is 7. The summed E-state index contributed by atoms with van der Waals surface area (Å²) in [4.78, 5) is 8.80. The van der Waals surface area contributed by atoms with E-state index >= 15 is 0 Å². The van der Waals surface area contributed by atoms with Crippen LogP contribution >= 0.6 is 23.1 Å². The molecule has 3 aromatic heterocycles. The second-order valence-corrected chi connectivity index (χ2v) is 7.54. The molecule has 9 heteroatoms. The molecule has 0 amide bonds. The fourth-order valence-corrected chi connectivity index (χ4v) is 3.57. The van der Waals surface area contributed by atoms with Crippen molar-refractivity contribution in [2.75, 3.05) is 0 Å². The van der Waals surface area contributed by atoms with Gasteiger partial charge in [-0.3, -0.25) is 0 Å². The smallest absolute Gasteiger partial charge is 0.277 e. The maximum atomic E-state index is 5.64. The molecule has 7 nitrogen and oxygen atoms in total. The molecule has 26 heavy (non-hydrogen) atoms. The highest BCUT2D eigenvalue weighted by molar-refractivity contribution is 7.98. The Labute approximate surface area is 157 Å². The Morgan fingerprint density at radius 3 is 2.73 bits per heavy atom. The van der Waals surface area contributed by atoms with Crippen molar-refractivity contribution in [2.24, 2.45) is 0 Å². The molecule has 0 aliphatic heterocycles. The van der Waals surface area contributed by atoms with Gasteiger partial charge in [0, 0.05) is 11.8 Å². The minimum absolute atomic E-state index is 0.481. The summed E-state index contributed by atoms with van der Waals surface area (Å²) < 4.78 is 10.9. The van der Waals surface area contributed by atoms with Gasteiger partial charge in [-0.1, -0.05) is 47.3 Å². The summed E-state index contributed by atoms with van der Waals surface area (Å²) in [6, 6.07) is 10.0. The van der Waals surface area contributed by atoms with Crippen LogP contribution in [0.15, 0.2) is 49.9 Å². The molecule has 0 aliphatic rings. The number of thioether (sulfide) groups is 1. The molecule has 0 fully saturated rings. The van der Waals surface area contributed by atoms with Crippen molar-refractivity contribution < 1.29 is 8.94 Å². The molecule has 4 rings (SSSR count). The maximum Gasteiger partial charge on any atom is 0.277 e. The molecule has 0 aliphatic carbocycles. The van der Waals surface area contributed by atoms with E-state index in [0.29, 0.717) is 41.4 Å². The highest BCUT2D eigenvalue weighted by atomic mass is 32.2. The summed E-state index contributed by atoms with van der Waals surface area (Å²) in [6.45, 7) is 1.97. The van der Waals surface area contributed by atoms with Gasteiger partial charge >= 0.3 is 0 Å². The molecule has 0 unspecified atom stereocenters. The Hall–Kier alpha value is -2.52. The van der Waals surface area contributed by atoms with Crippen molar-refractivity contribution in [3.8, 4) is 0 Å². The van der Waals surface area contributed by atoms with Crippen LogP contribution < -0.4 is 0 Å². The van der Waals surface area contributed by atoms with E-state index in [1.54, 1.807) is 11.3 Å². The van der Waals surface area contributed by atoms with Crippen LogP contribution in [0.4, 0.5) is 0 Å². The highest BCUT2D eigenvalue weighted by Crippen LogP contribution is 2.22. The summed E-state index contributed by atoms with van der Waals surface area (Å²) >= 11 is 2.98. The van der Waals surface area contributed by atoms with Crippen molar-refractivity contribution in [1.29, 1.82) is 0 Å². The van der Waals surface area contributed by atoms with Gasteiger partial charge in [-0.15, -0.1) is 21.5 Å². The lowest BCUT2D eigenvalue weighted by molar-refractivity contribution is 0.384. The number of thiazole rings is 1. The molecular weight excluding hydrogens is 370 g/mol. The topological polar surface area (TPSA) is 90.7 Å². The Morgan fingerprint density at radius 1 is 1.04 bits per heavy atom. The molecule has 0 bridgehead atoms. The molecule has 0 N–H and O–H groups in total. The van der Waals surface area contributed by atoms with Crippen LogP contribution in [0.2, 0.25) is 0 Å². The molecule has 0 atom stereocenters. The van der Waals surface area contributed by atoms with Crippen LogP contribution in [0.3, 0.4) is 0 Å². The van der Waals surface area contributed by atoms with Crippen molar-refractivity contribution in [3.05, 3.63) is 69.6 Å². The predicted octanol–water partition coefficient (Wildman–Crippen LogP) is 3.69. The average Bonchev–Trinajstić information content (AvgIpc) is 3.37. The molecule has 1 aromatic carbocycles. The number of aromatic nitrogens is 5. The zero-order chi connectivity index (χ0) is 17.8. The van der Waals surface area contributed by atoms with E-state index in [2.05, 4.69) is 25.3 Å². The van der Waals surface area contributed by atoms with E-state index in [9.17, 15) is 0 Å². The van der Waals surface area contributed by atoms with Gasteiger partial charge in [0.25, 0.3) is 5.22 Å². The van der Waals surface area contributed by atoms with E-state index in [-0.39, 0.29) is 0 Å². The maximum absolute atomic E-state index is 5.64. The largest absolute Gasteiger partial charge is 0.416 e. The second kappa shape index (κ2) is 7.79. The van der Waals surface area contributed by atoms with Gasteiger partial charge in [0.15, 0.2) is 5.82 Å². The molecule has 4 aromatic rings. The fourth-order valence-electron chi connectivity index (χ4n) is 2.33. The summed E-state index contributed by atoms with van der Waals surface area (Å²) in [5.74, 6) is 2.24. The molecule has 0 saturated heterocycles. The van der Waals surface area contributed by atoms with Crippen LogP contribution in [-0.2, 0) is 18.6 Å². The zero-order valence-electron chi connectivity index (χ0n) is 14.0. The van der Waals surface area contributed by atoms with E-state index in [0.717, 1.165) is 16.3 Å². The Kier molecular flexibility index (Phi) is 5.07. The van der Waals surface area contributed by atoms with Crippen molar-refractivity contribution >= 4 is 23.1 Å². The highest BCUT2D eigenvalue weighted by Gasteiger charge is 2.12. The van der Waals surface area contributed by atoms with Crippen molar-refractivity contribution in [1.82, 2.24) is 25.3 Å². The molecule has 0 saturated carbocycles. The van der Waals surface area contributed by atoms with Crippen LogP contribution in [0.1, 0.15) is 33.9 Å². The van der Waals surface area contributed by atoms with E-state index < -0.39 is 0 Å². The molecule has 3 heterocycles. The van der Waals surface area contributed by atoms with Gasteiger partial charge in [0.05, 0.1) is 22.9 Å². The molecule has 0 spiro atoms.